The van der Waals surface area contributed by atoms with Gasteiger partial charge in [-0.05, 0) is 38.3 Å². The molecule has 1 saturated heterocycles. The van der Waals surface area contributed by atoms with Crippen LogP contribution in [0.15, 0.2) is 30.6 Å². The van der Waals surface area contributed by atoms with Gasteiger partial charge in [0.15, 0.2) is 0 Å². The first-order valence-electron chi connectivity index (χ1n) is 9.93. The first kappa shape index (κ1) is 18.7. The van der Waals surface area contributed by atoms with E-state index in [4.69, 9.17) is 0 Å². The van der Waals surface area contributed by atoms with Gasteiger partial charge in [-0.2, -0.15) is 0 Å². The number of likely N-dealkylation sites (tertiary alicyclic amines) is 1. The maximum atomic E-state index is 12.9. The predicted octanol–water partition coefficient (Wildman–Crippen LogP) is 1.50. The molecule has 1 aromatic heterocycles. The molecule has 1 atom stereocenters. The van der Waals surface area contributed by atoms with Crippen molar-refractivity contribution in [3.8, 4) is 0 Å². The molecular formula is C21H27N5O2. The third-order valence-electron chi connectivity index (χ3n) is 6.05. The second-order valence-corrected chi connectivity index (χ2v) is 7.82. The lowest BCUT2D eigenvalue weighted by molar-refractivity contribution is -0.134. The molecule has 0 aliphatic carbocycles. The number of carbonyl (C=O) groups is 2. The fourth-order valence-electron chi connectivity index (χ4n) is 4.39. The van der Waals surface area contributed by atoms with Gasteiger partial charge >= 0.3 is 0 Å². The molecule has 1 fully saturated rings. The van der Waals surface area contributed by atoms with Gasteiger partial charge in [0.2, 0.25) is 5.91 Å². The Bertz CT molecular complexity index is 882. The zero-order valence-corrected chi connectivity index (χ0v) is 16.4. The standard InChI is InChI=1S/C21H27N5O2/c1-14-5-3-4-6-16(14)19(27)25-15(2)20(28)26-11-8-21(9-12-26)18-17(7-10-24-21)22-13-23-18/h3-6,13,15,24H,7-12H2,1-2H3,(H,22,23)(H,25,27). The molecule has 1 spiro atoms. The minimum Gasteiger partial charge on any atom is -0.348 e. The van der Waals surface area contributed by atoms with Gasteiger partial charge in [0.25, 0.3) is 5.91 Å². The Morgan fingerprint density at radius 2 is 2.00 bits per heavy atom. The van der Waals surface area contributed by atoms with Gasteiger partial charge in [-0.3, -0.25) is 9.59 Å². The highest BCUT2D eigenvalue weighted by atomic mass is 16.2. The van der Waals surface area contributed by atoms with E-state index in [0.717, 1.165) is 37.1 Å². The summed E-state index contributed by atoms with van der Waals surface area (Å²) in [7, 11) is 0. The molecular weight excluding hydrogens is 354 g/mol. The second kappa shape index (κ2) is 7.39. The van der Waals surface area contributed by atoms with Crippen LogP contribution in [0.2, 0.25) is 0 Å². The highest BCUT2D eigenvalue weighted by Crippen LogP contribution is 2.35. The Morgan fingerprint density at radius 1 is 1.25 bits per heavy atom. The number of hydrogen-bond donors (Lipinski definition) is 3. The lowest BCUT2D eigenvalue weighted by Gasteiger charge is -2.44. The van der Waals surface area contributed by atoms with Crippen LogP contribution in [-0.4, -0.2) is 52.4 Å². The summed E-state index contributed by atoms with van der Waals surface area (Å²) < 4.78 is 0. The average Bonchev–Trinajstić information content (AvgIpc) is 3.19. The van der Waals surface area contributed by atoms with Crippen LogP contribution in [0.25, 0.3) is 0 Å². The van der Waals surface area contributed by atoms with E-state index in [2.05, 4.69) is 20.6 Å². The molecule has 28 heavy (non-hydrogen) atoms. The molecule has 2 aliphatic heterocycles. The van der Waals surface area contributed by atoms with Crippen molar-refractivity contribution in [1.82, 2.24) is 25.5 Å². The van der Waals surface area contributed by atoms with E-state index in [0.29, 0.717) is 18.7 Å². The number of fused-ring (bicyclic) bond motifs is 2. The summed E-state index contributed by atoms with van der Waals surface area (Å²) in [6, 6.07) is 6.85. The Kier molecular flexibility index (Phi) is 4.93. The molecule has 148 valence electrons. The van der Waals surface area contributed by atoms with E-state index in [1.54, 1.807) is 19.3 Å². The third kappa shape index (κ3) is 3.30. The number of nitrogens with one attached hydrogen (secondary N) is 3. The van der Waals surface area contributed by atoms with Gasteiger partial charge in [-0.15, -0.1) is 0 Å². The van der Waals surface area contributed by atoms with Crippen LogP contribution >= 0.6 is 0 Å². The molecule has 7 nitrogen and oxygen atoms in total. The van der Waals surface area contributed by atoms with Crippen molar-refractivity contribution in [3.05, 3.63) is 53.1 Å². The number of carbonyl (C=O) groups excluding carboxylic acids is 2. The fourth-order valence-corrected chi connectivity index (χ4v) is 4.39. The van der Waals surface area contributed by atoms with Crippen molar-refractivity contribution < 1.29 is 9.59 Å². The fraction of sp³-hybridized carbons (Fsp3) is 0.476. The van der Waals surface area contributed by atoms with Crippen molar-refractivity contribution in [2.75, 3.05) is 19.6 Å². The summed E-state index contributed by atoms with van der Waals surface area (Å²) in [4.78, 5) is 35.0. The molecule has 3 N–H and O–H groups in total. The van der Waals surface area contributed by atoms with Crippen LogP contribution in [0.4, 0.5) is 0 Å². The van der Waals surface area contributed by atoms with Gasteiger partial charge in [-0.1, -0.05) is 18.2 Å². The summed E-state index contributed by atoms with van der Waals surface area (Å²) in [6.45, 7) is 5.89. The van der Waals surface area contributed by atoms with Crippen molar-refractivity contribution >= 4 is 11.8 Å². The second-order valence-electron chi connectivity index (χ2n) is 7.82. The number of aryl methyl sites for hydroxylation is 1. The molecule has 0 bridgehead atoms. The highest BCUT2D eigenvalue weighted by molar-refractivity contribution is 5.98. The maximum Gasteiger partial charge on any atom is 0.252 e. The Morgan fingerprint density at radius 3 is 2.75 bits per heavy atom. The lowest BCUT2D eigenvalue weighted by atomic mass is 9.80. The van der Waals surface area contributed by atoms with Gasteiger partial charge in [-0.25, -0.2) is 4.98 Å². The number of aromatic nitrogens is 2. The number of rotatable bonds is 3. The number of nitrogens with zero attached hydrogens (tertiary/aromatic N) is 2. The number of aromatic amines is 1. The van der Waals surface area contributed by atoms with Crippen LogP contribution in [0.3, 0.4) is 0 Å². The first-order chi connectivity index (χ1) is 13.5. The number of benzene rings is 1. The number of amides is 2. The maximum absolute atomic E-state index is 12.9. The highest BCUT2D eigenvalue weighted by Gasteiger charge is 2.42. The number of H-pyrrole nitrogens is 1. The predicted molar refractivity (Wildman–Crippen MR) is 106 cm³/mol. The average molecular weight is 381 g/mol. The van der Waals surface area contributed by atoms with Gasteiger partial charge in [0.1, 0.15) is 6.04 Å². The zero-order chi connectivity index (χ0) is 19.7. The van der Waals surface area contributed by atoms with E-state index in [-0.39, 0.29) is 17.4 Å². The minimum absolute atomic E-state index is 0.0326. The van der Waals surface area contributed by atoms with Crippen LogP contribution in [0.5, 0.6) is 0 Å². The summed E-state index contributed by atoms with van der Waals surface area (Å²) in [5.41, 5.74) is 3.68. The number of piperidine rings is 1. The molecule has 1 aromatic carbocycles. The molecule has 0 saturated carbocycles. The summed E-state index contributed by atoms with van der Waals surface area (Å²) in [5, 5.41) is 6.49. The minimum atomic E-state index is -0.554. The van der Waals surface area contributed by atoms with Crippen LogP contribution in [0.1, 0.15) is 47.1 Å². The Hall–Kier alpha value is -2.67. The van der Waals surface area contributed by atoms with Gasteiger partial charge in [0.05, 0.1) is 17.6 Å². The molecule has 1 unspecified atom stereocenters. The SMILES string of the molecule is Cc1ccccc1C(=O)NC(C)C(=O)N1CCC2(CC1)NCCc1[nH]cnc12. The molecule has 3 heterocycles. The molecule has 2 aromatic rings. The molecule has 0 radical (unpaired) electrons. The van der Waals surface area contributed by atoms with Gasteiger partial charge < -0.3 is 20.5 Å². The summed E-state index contributed by atoms with van der Waals surface area (Å²) >= 11 is 0. The summed E-state index contributed by atoms with van der Waals surface area (Å²) in [6.07, 6.45) is 4.38. The normalized spacial score (nSPS) is 19.1. The van der Waals surface area contributed by atoms with Crippen molar-refractivity contribution in [2.45, 2.75) is 44.7 Å². The van der Waals surface area contributed by atoms with E-state index in [1.807, 2.05) is 30.0 Å². The topological polar surface area (TPSA) is 90.1 Å². The van der Waals surface area contributed by atoms with Crippen LogP contribution in [-0.2, 0) is 16.8 Å². The van der Waals surface area contributed by atoms with Gasteiger partial charge in [0, 0.05) is 37.3 Å². The van der Waals surface area contributed by atoms with E-state index < -0.39 is 6.04 Å². The molecule has 7 heteroatoms. The van der Waals surface area contributed by atoms with Crippen LogP contribution in [0, 0.1) is 6.92 Å². The first-order valence-corrected chi connectivity index (χ1v) is 9.93. The third-order valence-corrected chi connectivity index (χ3v) is 6.05. The number of imidazole rings is 1. The molecule has 2 amide bonds. The van der Waals surface area contributed by atoms with E-state index in [9.17, 15) is 9.59 Å². The van der Waals surface area contributed by atoms with Crippen molar-refractivity contribution in [1.29, 1.82) is 0 Å². The number of hydrogen-bond acceptors (Lipinski definition) is 4. The molecule has 2 aliphatic rings. The quantitative estimate of drug-likeness (QED) is 0.752. The van der Waals surface area contributed by atoms with Crippen molar-refractivity contribution in [3.63, 3.8) is 0 Å². The largest absolute Gasteiger partial charge is 0.348 e. The van der Waals surface area contributed by atoms with Crippen molar-refractivity contribution in [2.24, 2.45) is 0 Å². The lowest BCUT2D eigenvalue weighted by Crippen LogP contribution is -2.57. The Labute approximate surface area is 164 Å². The van der Waals surface area contributed by atoms with Crippen LogP contribution < -0.4 is 10.6 Å². The zero-order valence-electron chi connectivity index (χ0n) is 16.4. The monoisotopic (exact) mass is 381 g/mol. The van der Waals surface area contributed by atoms with E-state index in [1.165, 1.54) is 5.69 Å². The molecule has 4 rings (SSSR count). The van der Waals surface area contributed by atoms with E-state index >= 15 is 0 Å². The smallest absolute Gasteiger partial charge is 0.252 e. The summed E-state index contributed by atoms with van der Waals surface area (Å²) in [5.74, 6) is -0.239. The Balaban J connectivity index is 1.38.